The molecule has 0 bridgehead atoms. The van der Waals surface area contributed by atoms with Crippen LogP contribution in [-0.4, -0.2) is 19.5 Å². The fourth-order valence-corrected chi connectivity index (χ4v) is 2.87. The van der Waals surface area contributed by atoms with Gasteiger partial charge in [-0.3, -0.25) is 4.57 Å². The quantitative estimate of drug-likeness (QED) is 0.564. The number of hydrogen-bond acceptors (Lipinski definition) is 4. The molecule has 4 rings (SSSR count). The monoisotopic (exact) mass is 359 g/mol. The summed E-state index contributed by atoms with van der Waals surface area (Å²) < 4.78 is 15.1. The van der Waals surface area contributed by atoms with Gasteiger partial charge in [-0.2, -0.15) is 4.98 Å². The van der Waals surface area contributed by atoms with Crippen molar-refractivity contribution in [3.63, 3.8) is 0 Å². The van der Waals surface area contributed by atoms with E-state index in [-0.39, 0.29) is 11.9 Å². The summed E-state index contributed by atoms with van der Waals surface area (Å²) in [6.45, 7) is 2.06. The highest BCUT2D eigenvalue weighted by molar-refractivity contribution is 5.58. The van der Waals surface area contributed by atoms with Gasteiger partial charge in [-0.1, -0.05) is 30.3 Å². The molecule has 0 amide bonds. The molecule has 0 aliphatic rings. The van der Waals surface area contributed by atoms with Crippen LogP contribution >= 0.6 is 0 Å². The summed E-state index contributed by atoms with van der Waals surface area (Å²) in [4.78, 5) is 13.3. The largest absolute Gasteiger partial charge is 0.348 e. The molecule has 2 aromatic heterocycles. The average molecular weight is 359 g/mol. The minimum atomic E-state index is -0.278. The maximum absolute atomic E-state index is 13.2. The van der Waals surface area contributed by atoms with Crippen molar-refractivity contribution in [3.05, 3.63) is 90.6 Å². The van der Waals surface area contributed by atoms with E-state index in [0.29, 0.717) is 17.6 Å². The Morgan fingerprint density at radius 2 is 1.70 bits per heavy atom. The number of rotatable bonds is 5. The Labute approximate surface area is 156 Å². The number of imidazole rings is 1. The summed E-state index contributed by atoms with van der Waals surface area (Å²) in [6.07, 6.45) is 5.22. The first-order chi connectivity index (χ1) is 13.2. The lowest BCUT2D eigenvalue weighted by atomic mass is 10.1. The van der Waals surface area contributed by atoms with Crippen LogP contribution < -0.4 is 5.32 Å². The van der Waals surface area contributed by atoms with E-state index in [1.165, 1.54) is 12.1 Å². The van der Waals surface area contributed by atoms with E-state index < -0.39 is 0 Å². The van der Waals surface area contributed by atoms with Crippen molar-refractivity contribution in [1.29, 1.82) is 0 Å². The van der Waals surface area contributed by atoms with Gasteiger partial charge in [-0.25, -0.2) is 14.4 Å². The van der Waals surface area contributed by atoms with Crippen molar-refractivity contribution in [2.45, 2.75) is 13.0 Å². The third-order valence-electron chi connectivity index (χ3n) is 4.28. The first-order valence-corrected chi connectivity index (χ1v) is 8.65. The summed E-state index contributed by atoms with van der Waals surface area (Å²) >= 11 is 0. The number of aromatic nitrogens is 4. The van der Waals surface area contributed by atoms with Gasteiger partial charge in [0.15, 0.2) is 0 Å². The predicted octanol–water partition coefficient (Wildman–Crippen LogP) is 4.64. The van der Waals surface area contributed by atoms with Gasteiger partial charge in [-0.05, 0) is 42.8 Å². The molecule has 0 saturated carbocycles. The van der Waals surface area contributed by atoms with Crippen molar-refractivity contribution in [2.24, 2.45) is 0 Å². The Bertz CT molecular complexity index is 1030. The zero-order valence-electron chi connectivity index (χ0n) is 14.7. The first-order valence-electron chi connectivity index (χ1n) is 8.65. The Kier molecular flexibility index (Phi) is 4.61. The lowest BCUT2D eigenvalue weighted by molar-refractivity contribution is 0.628. The highest BCUT2D eigenvalue weighted by atomic mass is 19.1. The molecule has 4 aromatic rings. The summed E-state index contributed by atoms with van der Waals surface area (Å²) in [6, 6.07) is 18.2. The van der Waals surface area contributed by atoms with E-state index in [1.54, 1.807) is 24.5 Å². The molecule has 27 heavy (non-hydrogen) atoms. The topological polar surface area (TPSA) is 55.6 Å². The zero-order valence-corrected chi connectivity index (χ0v) is 14.7. The van der Waals surface area contributed by atoms with Crippen molar-refractivity contribution in [3.8, 4) is 17.2 Å². The van der Waals surface area contributed by atoms with Gasteiger partial charge in [-0.15, -0.1) is 0 Å². The van der Waals surface area contributed by atoms with Gasteiger partial charge in [0, 0.05) is 24.2 Å². The molecule has 5 nitrogen and oxygen atoms in total. The Balaban J connectivity index is 1.62. The molecule has 0 fully saturated rings. The molecule has 134 valence electrons. The van der Waals surface area contributed by atoms with Crippen molar-refractivity contribution < 1.29 is 4.39 Å². The summed E-state index contributed by atoms with van der Waals surface area (Å²) in [7, 11) is 0. The third kappa shape index (κ3) is 3.69. The second-order valence-corrected chi connectivity index (χ2v) is 6.14. The molecule has 1 atom stereocenters. The van der Waals surface area contributed by atoms with Crippen LogP contribution in [0.2, 0.25) is 0 Å². The predicted molar refractivity (Wildman–Crippen MR) is 103 cm³/mol. The van der Waals surface area contributed by atoms with Gasteiger partial charge in [0.1, 0.15) is 17.5 Å². The van der Waals surface area contributed by atoms with E-state index in [4.69, 9.17) is 0 Å². The minimum Gasteiger partial charge on any atom is -0.348 e. The molecule has 0 aliphatic heterocycles. The molecule has 0 radical (unpaired) electrons. The van der Waals surface area contributed by atoms with Crippen LogP contribution in [0.1, 0.15) is 18.5 Å². The molecule has 0 spiro atoms. The average Bonchev–Trinajstić information content (AvgIpc) is 3.19. The van der Waals surface area contributed by atoms with Crippen LogP contribution in [0.5, 0.6) is 0 Å². The number of benzene rings is 2. The van der Waals surface area contributed by atoms with Gasteiger partial charge in [0.05, 0.1) is 6.04 Å². The molecule has 0 saturated heterocycles. The maximum Gasteiger partial charge on any atom is 0.225 e. The second-order valence-electron chi connectivity index (χ2n) is 6.14. The molecule has 6 heteroatoms. The van der Waals surface area contributed by atoms with Crippen LogP contribution in [-0.2, 0) is 0 Å². The van der Waals surface area contributed by atoms with Crippen molar-refractivity contribution >= 4 is 5.95 Å². The SMILES string of the molecule is C[C@H](Nc1nccc(-n2ccnc2-c2ccc(F)cc2)n1)c1ccccc1. The first kappa shape index (κ1) is 16.9. The van der Waals surface area contributed by atoms with Crippen LogP contribution in [0.15, 0.2) is 79.3 Å². The standard InChI is InChI=1S/C21H18FN5/c1-15(16-5-3-2-4-6-16)25-21-24-12-11-19(26-21)27-14-13-23-20(27)17-7-9-18(22)10-8-17/h2-15H,1H3,(H,24,25,26)/t15-/m0/s1. The molecular formula is C21H18FN5. The normalized spacial score (nSPS) is 11.9. The Morgan fingerprint density at radius 1 is 0.926 bits per heavy atom. The second kappa shape index (κ2) is 7.37. The minimum absolute atomic E-state index is 0.0702. The van der Waals surface area contributed by atoms with Gasteiger partial charge < -0.3 is 5.32 Å². The van der Waals surface area contributed by atoms with Gasteiger partial charge >= 0.3 is 0 Å². The van der Waals surface area contributed by atoms with E-state index in [0.717, 1.165) is 11.1 Å². The third-order valence-corrected chi connectivity index (χ3v) is 4.28. The summed E-state index contributed by atoms with van der Waals surface area (Å²) in [5.74, 6) is 1.63. The Morgan fingerprint density at radius 3 is 2.48 bits per heavy atom. The van der Waals surface area contributed by atoms with Crippen molar-refractivity contribution in [1.82, 2.24) is 19.5 Å². The molecule has 1 N–H and O–H groups in total. The highest BCUT2D eigenvalue weighted by Crippen LogP contribution is 2.22. The van der Waals surface area contributed by atoms with E-state index in [2.05, 4.69) is 39.3 Å². The number of halogens is 1. The lowest BCUT2D eigenvalue weighted by Crippen LogP contribution is -2.10. The molecule has 0 aliphatic carbocycles. The van der Waals surface area contributed by atoms with Gasteiger partial charge in [0.25, 0.3) is 0 Å². The van der Waals surface area contributed by atoms with E-state index in [1.807, 2.05) is 35.0 Å². The number of anilines is 1. The zero-order chi connectivity index (χ0) is 18.6. The van der Waals surface area contributed by atoms with Crippen molar-refractivity contribution in [2.75, 3.05) is 5.32 Å². The highest BCUT2D eigenvalue weighted by Gasteiger charge is 2.11. The smallest absolute Gasteiger partial charge is 0.225 e. The Hall–Kier alpha value is -3.54. The molecule has 2 heterocycles. The summed E-state index contributed by atoms with van der Waals surface area (Å²) in [5, 5.41) is 3.32. The fraction of sp³-hybridized carbons (Fsp3) is 0.0952. The van der Waals surface area contributed by atoms with Crippen LogP contribution in [0.3, 0.4) is 0 Å². The van der Waals surface area contributed by atoms with E-state index >= 15 is 0 Å². The summed E-state index contributed by atoms with van der Waals surface area (Å²) in [5.41, 5.74) is 1.97. The van der Waals surface area contributed by atoms with E-state index in [9.17, 15) is 4.39 Å². The van der Waals surface area contributed by atoms with Crippen LogP contribution in [0.4, 0.5) is 10.3 Å². The number of nitrogens with zero attached hydrogens (tertiary/aromatic N) is 4. The fourth-order valence-electron chi connectivity index (χ4n) is 2.87. The molecule has 2 aromatic carbocycles. The van der Waals surface area contributed by atoms with Crippen LogP contribution in [0, 0.1) is 5.82 Å². The lowest BCUT2D eigenvalue weighted by Gasteiger charge is -2.15. The number of nitrogens with one attached hydrogen (secondary N) is 1. The maximum atomic E-state index is 13.2. The number of hydrogen-bond donors (Lipinski definition) is 1. The van der Waals surface area contributed by atoms with Crippen LogP contribution in [0.25, 0.3) is 17.2 Å². The van der Waals surface area contributed by atoms with Gasteiger partial charge in [0.2, 0.25) is 5.95 Å². The molecular weight excluding hydrogens is 341 g/mol. The molecule has 0 unspecified atom stereocenters.